The summed E-state index contributed by atoms with van der Waals surface area (Å²) < 4.78 is 52.1. The maximum atomic E-state index is 11.9. The summed E-state index contributed by atoms with van der Waals surface area (Å²) in [7, 11) is -7.32. The van der Waals surface area contributed by atoms with Gasteiger partial charge in [-0.25, -0.2) is 26.7 Å². The summed E-state index contributed by atoms with van der Waals surface area (Å²) in [5.74, 6) is -0.0941. The van der Waals surface area contributed by atoms with Crippen LogP contribution in [-0.4, -0.2) is 34.3 Å². The van der Waals surface area contributed by atoms with E-state index in [2.05, 4.69) is 9.88 Å². The zero-order valence-corrected chi connectivity index (χ0v) is 11.6. The van der Waals surface area contributed by atoms with Gasteiger partial charge < -0.3 is 4.52 Å². The zero-order chi connectivity index (χ0) is 14.0. The van der Waals surface area contributed by atoms with Gasteiger partial charge in [0.25, 0.3) is 0 Å². The third-order valence-electron chi connectivity index (χ3n) is 2.13. The highest BCUT2D eigenvalue weighted by atomic mass is 32.2. The van der Waals surface area contributed by atoms with Gasteiger partial charge in [0.05, 0.1) is 5.75 Å². The van der Waals surface area contributed by atoms with Crippen molar-refractivity contribution in [3.8, 4) is 0 Å². The summed E-state index contributed by atoms with van der Waals surface area (Å²) in [6, 6.07) is 0. The minimum absolute atomic E-state index is 0.0156. The number of rotatable bonds is 6. The van der Waals surface area contributed by atoms with Crippen LogP contribution in [0.15, 0.2) is 9.42 Å². The Balaban J connectivity index is 2.67. The number of aromatic nitrogens is 1. The molecule has 0 saturated carbocycles. The number of hydrogen-bond donors (Lipinski definition) is 2. The van der Waals surface area contributed by atoms with Gasteiger partial charge in [-0.05, 0) is 20.3 Å². The van der Waals surface area contributed by atoms with Gasteiger partial charge in [-0.3, -0.25) is 0 Å². The summed E-state index contributed by atoms with van der Waals surface area (Å²) in [6.07, 6.45) is 0.0986. The second kappa shape index (κ2) is 5.34. The SMILES string of the molecule is Cc1noc(C)c1S(=O)(=O)NCCCS(N)(=O)=O. The van der Waals surface area contributed by atoms with Crippen molar-refractivity contribution >= 4 is 20.0 Å². The molecule has 1 aromatic heterocycles. The van der Waals surface area contributed by atoms with Crippen LogP contribution in [0.2, 0.25) is 0 Å². The average Bonchev–Trinajstić information content (AvgIpc) is 2.52. The van der Waals surface area contributed by atoms with Crippen LogP contribution < -0.4 is 9.86 Å². The Bertz CT molecular complexity index is 598. The smallest absolute Gasteiger partial charge is 0.245 e. The minimum Gasteiger partial charge on any atom is -0.360 e. The summed E-state index contributed by atoms with van der Waals surface area (Å²) in [4.78, 5) is -0.0156. The summed E-state index contributed by atoms with van der Waals surface area (Å²) >= 11 is 0. The molecule has 0 aliphatic carbocycles. The lowest BCUT2D eigenvalue weighted by Gasteiger charge is -2.05. The fourth-order valence-electron chi connectivity index (χ4n) is 1.41. The van der Waals surface area contributed by atoms with E-state index in [1.165, 1.54) is 13.8 Å². The lowest BCUT2D eigenvalue weighted by atomic mass is 10.4. The molecule has 18 heavy (non-hydrogen) atoms. The maximum Gasteiger partial charge on any atom is 0.245 e. The first-order chi connectivity index (χ1) is 8.13. The van der Waals surface area contributed by atoms with Gasteiger partial charge in [-0.2, -0.15) is 0 Å². The molecule has 0 bridgehead atoms. The number of nitrogens with one attached hydrogen (secondary N) is 1. The minimum atomic E-state index is -3.74. The topological polar surface area (TPSA) is 132 Å². The monoisotopic (exact) mass is 297 g/mol. The molecule has 0 atom stereocenters. The molecule has 8 nitrogen and oxygen atoms in total. The molecule has 0 aromatic carbocycles. The fraction of sp³-hybridized carbons (Fsp3) is 0.625. The van der Waals surface area contributed by atoms with Crippen LogP contribution in [0, 0.1) is 13.8 Å². The highest BCUT2D eigenvalue weighted by Crippen LogP contribution is 2.18. The lowest BCUT2D eigenvalue weighted by Crippen LogP contribution is -2.28. The van der Waals surface area contributed by atoms with Crippen LogP contribution in [0.1, 0.15) is 17.9 Å². The Morgan fingerprint density at radius 2 is 1.89 bits per heavy atom. The second-order valence-corrected chi connectivity index (χ2v) is 7.21. The first-order valence-electron chi connectivity index (χ1n) is 5.06. The van der Waals surface area contributed by atoms with E-state index >= 15 is 0 Å². The van der Waals surface area contributed by atoms with Crippen LogP contribution >= 0.6 is 0 Å². The van der Waals surface area contributed by atoms with E-state index in [9.17, 15) is 16.8 Å². The van der Waals surface area contributed by atoms with Crippen LogP contribution in [0.25, 0.3) is 0 Å². The Morgan fingerprint density at radius 3 is 2.33 bits per heavy atom. The van der Waals surface area contributed by atoms with E-state index in [-0.39, 0.29) is 35.1 Å². The lowest BCUT2D eigenvalue weighted by molar-refractivity contribution is 0.390. The normalized spacial score (nSPS) is 12.8. The van der Waals surface area contributed by atoms with Crippen molar-refractivity contribution in [2.24, 2.45) is 5.14 Å². The van der Waals surface area contributed by atoms with Crippen LogP contribution in [0.5, 0.6) is 0 Å². The van der Waals surface area contributed by atoms with Gasteiger partial charge in [0.15, 0.2) is 5.76 Å². The van der Waals surface area contributed by atoms with Crippen molar-refractivity contribution in [1.29, 1.82) is 0 Å². The first kappa shape index (κ1) is 15.1. The molecule has 0 aliphatic rings. The van der Waals surface area contributed by atoms with Gasteiger partial charge in [0, 0.05) is 6.54 Å². The average molecular weight is 297 g/mol. The molecule has 104 valence electrons. The van der Waals surface area contributed by atoms with Crippen molar-refractivity contribution in [2.75, 3.05) is 12.3 Å². The Labute approximate surface area is 106 Å². The Hall–Kier alpha value is -0.970. The molecule has 1 heterocycles. The molecule has 10 heteroatoms. The van der Waals surface area contributed by atoms with Gasteiger partial charge in [-0.1, -0.05) is 5.16 Å². The third kappa shape index (κ3) is 4.05. The molecular weight excluding hydrogens is 282 g/mol. The molecule has 0 fully saturated rings. The van der Waals surface area contributed by atoms with E-state index < -0.39 is 20.0 Å². The van der Waals surface area contributed by atoms with E-state index in [1.54, 1.807) is 0 Å². The standard InChI is InChI=1S/C8H15N3O5S2/c1-6-8(7(2)16-11-6)18(14,15)10-4-3-5-17(9,12)13/h10H,3-5H2,1-2H3,(H2,9,12,13). The van der Waals surface area contributed by atoms with E-state index in [0.717, 1.165) is 0 Å². The summed E-state index contributed by atoms with van der Waals surface area (Å²) in [6.45, 7) is 2.97. The highest BCUT2D eigenvalue weighted by molar-refractivity contribution is 7.89. The molecule has 0 amide bonds. The molecule has 1 aromatic rings. The number of aryl methyl sites for hydroxylation is 2. The van der Waals surface area contributed by atoms with Gasteiger partial charge >= 0.3 is 0 Å². The summed E-state index contributed by atoms with van der Waals surface area (Å²) in [5, 5.41) is 8.34. The van der Waals surface area contributed by atoms with E-state index in [1.807, 2.05) is 0 Å². The number of sulfonamides is 2. The summed E-state index contributed by atoms with van der Waals surface area (Å²) in [5.41, 5.74) is 0.256. The molecular formula is C8H15N3O5S2. The predicted octanol–water partition coefficient (Wildman–Crippen LogP) is -0.752. The van der Waals surface area contributed by atoms with Crippen LogP contribution in [-0.2, 0) is 20.0 Å². The third-order valence-corrected chi connectivity index (χ3v) is 4.70. The molecule has 1 rings (SSSR count). The van der Waals surface area contributed by atoms with Crippen molar-refractivity contribution in [1.82, 2.24) is 9.88 Å². The van der Waals surface area contributed by atoms with E-state index in [0.29, 0.717) is 0 Å². The van der Waals surface area contributed by atoms with Crippen LogP contribution in [0.3, 0.4) is 0 Å². The largest absolute Gasteiger partial charge is 0.360 e. The maximum absolute atomic E-state index is 11.9. The fourth-order valence-corrected chi connectivity index (χ4v) is 3.36. The first-order valence-corrected chi connectivity index (χ1v) is 8.26. The second-order valence-electron chi connectivity index (χ2n) is 3.77. The Morgan fingerprint density at radius 1 is 1.28 bits per heavy atom. The van der Waals surface area contributed by atoms with Crippen molar-refractivity contribution in [3.63, 3.8) is 0 Å². The van der Waals surface area contributed by atoms with E-state index in [4.69, 9.17) is 9.66 Å². The predicted molar refractivity (Wildman–Crippen MR) is 63.8 cm³/mol. The molecule has 0 aliphatic heterocycles. The molecule has 0 saturated heterocycles. The number of primary sulfonamides is 1. The number of hydrogen-bond acceptors (Lipinski definition) is 6. The van der Waals surface area contributed by atoms with Crippen LogP contribution in [0.4, 0.5) is 0 Å². The molecule has 0 spiro atoms. The van der Waals surface area contributed by atoms with Gasteiger partial charge in [-0.15, -0.1) is 0 Å². The molecule has 0 unspecified atom stereocenters. The molecule has 3 N–H and O–H groups in total. The van der Waals surface area contributed by atoms with Crippen molar-refractivity contribution in [2.45, 2.75) is 25.2 Å². The number of nitrogens with two attached hydrogens (primary N) is 1. The van der Waals surface area contributed by atoms with Gasteiger partial charge in [0.1, 0.15) is 10.6 Å². The van der Waals surface area contributed by atoms with Crippen molar-refractivity contribution < 1.29 is 21.4 Å². The molecule has 0 radical (unpaired) electrons. The highest BCUT2D eigenvalue weighted by Gasteiger charge is 2.23. The Kier molecular flexibility index (Phi) is 4.48. The zero-order valence-electron chi connectivity index (χ0n) is 10.0. The van der Waals surface area contributed by atoms with Gasteiger partial charge in [0.2, 0.25) is 20.0 Å². The number of nitrogens with zero attached hydrogens (tertiary/aromatic N) is 1. The quantitative estimate of drug-likeness (QED) is 0.664. The van der Waals surface area contributed by atoms with Crippen molar-refractivity contribution in [3.05, 3.63) is 11.5 Å².